The van der Waals surface area contributed by atoms with Gasteiger partial charge in [0.15, 0.2) is 5.82 Å². The van der Waals surface area contributed by atoms with Crippen LogP contribution in [0.1, 0.15) is 44.6 Å². The molecule has 2 saturated carbocycles. The predicted molar refractivity (Wildman–Crippen MR) is 77.8 cm³/mol. The zero-order valence-electron chi connectivity index (χ0n) is 11.8. The number of hydrogen-bond donors (Lipinski definition) is 2. The molecule has 2 aliphatic carbocycles. The molecule has 0 bridgehead atoms. The first kappa shape index (κ1) is 13.6. The fraction of sp³-hybridized carbons (Fsp3) is 0.733. The van der Waals surface area contributed by atoms with Crippen LogP contribution in [-0.4, -0.2) is 27.8 Å². The maximum atomic E-state index is 12.3. The van der Waals surface area contributed by atoms with Gasteiger partial charge in [0, 0.05) is 31.6 Å². The molecule has 2 unspecified atom stereocenters. The van der Waals surface area contributed by atoms with Crippen molar-refractivity contribution >= 4 is 5.82 Å². The molecule has 2 aliphatic rings. The lowest BCUT2D eigenvalue weighted by molar-refractivity contribution is 0.141. The summed E-state index contributed by atoms with van der Waals surface area (Å²) in [6.07, 6.45) is 10.3. The molecule has 0 amide bonds. The van der Waals surface area contributed by atoms with Gasteiger partial charge in [0.2, 0.25) is 0 Å². The third-order valence-corrected chi connectivity index (χ3v) is 4.64. The van der Waals surface area contributed by atoms with Crippen molar-refractivity contribution in [2.24, 2.45) is 11.8 Å². The minimum absolute atomic E-state index is 0.00800. The molecule has 2 atom stereocenters. The Labute approximate surface area is 119 Å². The summed E-state index contributed by atoms with van der Waals surface area (Å²) in [5.41, 5.74) is -0.00800. The summed E-state index contributed by atoms with van der Waals surface area (Å²) >= 11 is 0. The molecule has 1 heterocycles. The summed E-state index contributed by atoms with van der Waals surface area (Å²) in [6.45, 7) is 0.989. The lowest BCUT2D eigenvalue weighted by Gasteiger charge is -2.30. The summed E-state index contributed by atoms with van der Waals surface area (Å²) in [4.78, 5) is 16.4. The van der Waals surface area contributed by atoms with Gasteiger partial charge in [-0.15, -0.1) is 0 Å². The fourth-order valence-corrected chi connectivity index (χ4v) is 3.21. The molecule has 0 aromatic carbocycles. The average molecular weight is 277 g/mol. The van der Waals surface area contributed by atoms with Crippen molar-refractivity contribution in [3.63, 3.8) is 0 Å². The van der Waals surface area contributed by atoms with E-state index in [2.05, 4.69) is 10.3 Å². The molecule has 1 aromatic heterocycles. The standard InChI is InChI=1S/C15H23N3O2/c19-10-12-4-2-1-3-11(12)9-17-14-15(20)18(8-7-16-14)13-5-6-13/h7-8,11-13,19H,1-6,9-10H2,(H,16,17). The largest absolute Gasteiger partial charge is 0.396 e. The quantitative estimate of drug-likeness (QED) is 0.861. The van der Waals surface area contributed by atoms with Crippen molar-refractivity contribution < 1.29 is 5.11 Å². The lowest BCUT2D eigenvalue weighted by atomic mass is 9.79. The minimum Gasteiger partial charge on any atom is -0.396 e. The average Bonchev–Trinajstić information content (AvgIpc) is 3.31. The first-order valence-electron chi connectivity index (χ1n) is 7.71. The van der Waals surface area contributed by atoms with Crippen LogP contribution in [0, 0.1) is 11.8 Å². The van der Waals surface area contributed by atoms with Crippen LogP contribution in [0.2, 0.25) is 0 Å². The van der Waals surface area contributed by atoms with E-state index >= 15 is 0 Å². The zero-order valence-corrected chi connectivity index (χ0v) is 11.8. The van der Waals surface area contributed by atoms with Gasteiger partial charge in [0.1, 0.15) is 0 Å². The van der Waals surface area contributed by atoms with E-state index in [-0.39, 0.29) is 12.2 Å². The molecule has 2 fully saturated rings. The number of aliphatic hydroxyl groups excluding tert-OH is 1. The van der Waals surface area contributed by atoms with E-state index in [4.69, 9.17) is 0 Å². The Morgan fingerprint density at radius 3 is 2.70 bits per heavy atom. The first-order chi connectivity index (χ1) is 9.79. The van der Waals surface area contributed by atoms with Crippen molar-refractivity contribution in [3.8, 4) is 0 Å². The SMILES string of the molecule is O=c1c(NCC2CCCCC2CO)nccn1C1CC1. The molecule has 1 aromatic rings. The number of nitrogens with one attached hydrogen (secondary N) is 1. The van der Waals surface area contributed by atoms with Crippen LogP contribution in [-0.2, 0) is 0 Å². The van der Waals surface area contributed by atoms with Gasteiger partial charge in [-0.05, 0) is 37.5 Å². The van der Waals surface area contributed by atoms with Crippen molar-refractivity contribution in [2.45, 2.75) is 44.6 Å². The molecule has 0 spiro atoms. The van der Waals surface area contributed by atoms with Crippen LogP contribution in [0.3, 0.4) is 0 Å². The number of rotatable bonds is 5. The maximum absolute atomic E-state index is 12.3. The van der Waals surface area contributed by atoms with Crippen molar-refractivity contribution in [2.75, 3.05) is 18.5 Å². The number of aromatic nitrogens is 2. The van der Waals surface area contributed by atoms with Crippen molar-refractivity contribution in [1.29, 1.82) is 0 Å². The van der Waals surface area contributed by atoms with E-state index in [1.54, 1.807) is 17.0 Å². The Hall–Kier alpha value is -1.36. The molecule has 5 heteroatoms. The molecular weight excluding hydrogens is 254 g/mol. The van der Waals surface area contributed by atoms with Crippen LogP contribution in [0.15, 0.2) is 17.2 Å². The molecule has 3 rings (SSSR count). The van der Waals surface area contributed by atoms with Crippen molar-refractivity contribution in [1.82, 2.24) is 9.55 Å². The van der Waals surface area contributed by atoms with E-state index in [9.17, 15) is 9.90 Å². The van der Waals surface area contributed by atoms with Crippen LogP contribution >= 0.6 is 0 Å². The van der Waals surface area contributed by atoms with E-state index in [1.165, 1.54) is 12.8 Å². The molecule has 0 radical (unpaired) electrons. The van der Waals surface area contributed by atoms with Gasteiger partial charge in [0.25, 0.3) is 5.56 Å². The Kier molecular flexibility index (Phi) is 4.05. The third-order valence-electron chi connectivity index (χ3n) is 4.64. The van der Waals surface area contributed by atoms with E-state index in [1.807, 2.05) is 0 Å². The van der Waals surface area contributed by atoms with E-state index in [0.717, 1.165) is 32.2 Å². The van der Waals surface area contributed by atoms with Gasteiger partial charge in [-0.25, -0.2) is 4.98 Å². The van der Waals surface area contributed by atoms with Crippen molar-refractivity contribution in [3.05, 3.63) is 22.7 Å². The van der Waals surface area contributed by atoms with E-state index < -0.39 is 0 Å². The van der Waals surface area contributed by atoms with Crippen LogP contribution in [0.25, 0.3) is 0 Å². The highest BCUT2D eigenvalue weighted by Gasteiger charge is 2.27. The summed E-state index contributed by atoms with van der Waals surface area (Å²) in [5, 5.41) is 12.6. The van der Waals surface area contributed by atoms with Gasteiger partial charge >= 0.3 is 0 Å². The Balaban J connectivity index is 1.65. The summed E-state index contributed by atoms with van der Waals surface area (Å²) in [7, 11) is 0. The highest BCUT2D eigenvalue weighted by molar-refractivity contribution is 5.31. The lowest BCUT2D eigenvalue weighted by Crippen LogP contribution is -2.31. The van der Waals surface area contributed by atoms with Gasteiger partial charge in [-0.2, -0.15) is 0 Å². The highest BCUT2D eigenvalue weighted by atomic mass is 16.3. The summed E-state index contributed by atoms with van der Waals surface area (Å²) in [6, 6.07) is 0.380. The molecule has 5 nitrogen and oxygen atoms in total. The number of nitrogens with zero attached hydrogens (tertiary/aromatic N) is 2. The summed E-state index contributed by atoms with van der Waals surface area (Å²) < 4.78 is 1.79. The third kappa shape index (κ3) is 2.87. The fourth-order valence-electron chi connectivity index (χ4n) is 3.21. The first-order valence-corrected chi connectivity index (χ1v) is 7.71. The second-order valence-electron chi connectivity index (χ2n) is 6.09. The topological polar surface area (TPSA) is 67.2 Å². The second kappa shape index (κ2) is 5.95. The van der Waals surface area contributed by atoms with Gasteiger partial charge in [0.05, 0.1) is 0 Å². The molecular formula is C15H23N3O2. The minimum atomic E-state index is -0.00800. The van der Waals surface area contributed by atoms with Gasteiger partial charge in [-0.1, -0.05) is 12.8 Å². The molecule has 2 N–H and O–H groups in total. The highest BCUT2D eigenvalue weighted by Crippen LogP contribution is 2.33. The van der Waals surface area contributed by atoms with Gasteiger partial charge < -0.3 is 15.0 Å². The molecule has 20 heavy (non-hydrogen) atoms. The second-order valence-corrected chi connectivity index (χ2v) is 6.09. The van der Waals surface area contributed by atoms with Gasteiger partial charge in [-0.3, -0.25) is 4.79 Å². The van der Waals surface area contributed by atoms with Crippen LogP contribution in [0.5, 0.6) is 0 Å². The Morgan fingerprint density at radius 2 is 2.00 bits per heavy atom. The van der Waals surface area contributed by atoms with Crippen LogP contribution in [0.4, 0.5) is 5.82 Å². The number of hydrogen-bond acceptors (Lipinski definition) is 4. The monoisotopic (exact) mass is 277 g/mol. The number of aliphatic hydroxyl groups is 1. The smallest absolute Gasteiger partial charge is 0.293 e. The molecule has 0 saturated heterocycles. The number of anilines is 1. The van der Waals surface area contributed by atoms with E-state index in [0.29, 0.717) is 23.7 Å². The molecule has 110 valence electrons. The zero-order chi connectivity index (χ0) is 13.9. The Bertz CT molecular complexity index is 510. The molecule has 0 aliphatic heterocycles. The maximum Gasteiger partial charge on any atom is 0.293 e. The van der Waals surface area contributed by atoms with Crippen LogP contribution < -0.4 is 10.9 Å². The summed E-state index contributed by atoms with van der Waals surface area (Å²) in [5.74, 6) is 1.27. The normalized spacial score (nSPS) is 26.4. The Morgan fingerprint density at radius 1 is 1.25 bits per heavy atom. The predicted octanol–water partition coefficient (Wildman–Crippen LogP) is 1.79.